The molecule has 426 valence electrons. The topological polar surface area (TPSA) is 134 Å². The van der Waals surface area contributed by atoms with Crippen molar-refractivity contribution >= 4 is 19.8 Å². The van der Waals surface area contributed by atoms with Gasteiger partial charge in [0.05, 0.1) is 13.2 Å². The minimum atomic E-state index is -4.41. The molecule has 2 atom stereocenters. The average molecular weight is 1060 g/mol. The molecule has 0 aliphatic heterocycles. The Morgan fingerprint density at radius 2 is 0.747 bits per heavy atom. The normalized spacial score (nSPS) is 14.0. The predicted molar refractivity (Wildman–Crippen MR) is 320 cm³/mol. The van der Waals surface area contributed by atoms with Gasteiger partial charge in [0.15, 0.2) is 6.10 Å². The second kappa shape index (κ2) is 59.4. The van der Waals surface area contributed by atoms with Gasteiger partial charge in [-0.3, -0.25) is 18.6 Å². The SMILES string of the molecule is CC/C=C\C/C=C\C/C=C\C/C=C\C/C=C\C/C=C\C/C=C\C/C=C\C/C=C\CCCC(=O)OC(COC(=O)CCCCCCCCCCCCCCC/C=C\C/C=C\CCCCCCC)COP(=O)(O)OCCN. The summed E-state index contributed by atoms with van der Waals surface area (Å²) in [5.74, 6) is -0.905. The van der Waals surface area contributed by atoms with Gasteiger partial charge < -0.3 is 20.1 Å². The van der Waals surface area contributed by atoms with Gasteiger partial charge in [0, 0.05) is 19.4 Å². The van der Waals surface area contributed by atoms with E-state index in [0.29, 0.717) is 12.8 Å². The van der Waals surface area contributed by atoms with E-state index in [4.69, 9.17) is 24.3 Å². The highest BCUT2D eigenvalue weighted by Gasteiger charge is 2.26. The fourth-order valence-electron chi connectivity index (χ4n) is 7.67. The summed E-state index contributed by atoms with van der Waals surface area (Å²) in [7, 11) is -4.41. The van der Waals surface area contributed by atoms with Crippen LogP contribution >= 0.6 is 7.82 Å². The van der Waals surface area contributed by atoms with Crippen molar-refractivity contribution < 1.29 is 37.6 Å². The summed E-state index contributed by atoms with van der Waals surface area (Å²) in [5, 5.41) is 0. The first-order chi connectivity index (χ1) is 36.8. The van der Waals surface area contributed by atoms with E-state index in [2.05, 4.69) is 141 Å². The lowest BCUT2D eigenvalue weighted by Crippen LogP contribution is -2.29. The number of unbranched alkanes of at least 4 members (excludes halogenated alkanes) is 19. The number of nitrogens with two attached hydrogens (primary N) is 1. The first kappa shape index (κ1) is 71.2. The summed E-state index contributed by atoms with van der Waals surface area (Å²) in [6.45, 7) is 3.55. The maximum atomic E-state index is 12.7. The van der Waals surface area contributed by atoms with E-state index >= 15 is 0 Å². The lowest BCUT2D eigenvalue weighted by Gasteiger charge is -2.19. The fourth-order valence-corrected chi connectivity index (χ4v) is 8.43. The maximum Gasteiger partial charge on any atom is 0.472 e. The third-order valence-corrected chi connectivity index (χ3v) is 13.0. The molecule has 3 N–H and O–H groups in total. The molecule has 0 heterocycles. The zero-order valence-corrected chi connectivity index (χ0v) is 48.4. The van der Waals surface area contributed by atoms with Gasteiger partial charge in [-0.05, 0) is 109 Å². The van der Waals surface area contributed by atoms with Crippen molar-refractivity contribution in [1.29, 1.82) is 0 Å². The number of rotatable bonds is 54. The molecule has 0 fully saturated rings. The molecule has 9 nitrogen and oxygen atoms in total. The summed E-state index contributed by atoms with van der Waals surface area (Å²) in [5.41, 5.74) is 5.38. The third kappa shape index (κ3) is 59.3. The Kier molecular flexibility index (Phi) is 56.3. The van der Waals surface area contributed by atoms with Crippen LogP contribution in [0.25, 0.3) is 0 Å². The second-order valence-electron chi connectivity index (χ2n) is 19.1. The first-order valence-corrected chi connectivity index (χ1v) is 31.2. The van der Waals surface area contributed by atoms with Crippen LogP contribution in [-0.2, 0) is 32.7 Å². The largest absolute Gasteiger partial charge is 0.472 e. The molecule has 0 bridgehead atoms. The Labute approximate surface area is 459 Å². The van der Waals surface area contributed by atoms with E-state index in [1.807, 2.05) is 6.08 Å². The van der Waals surface area contributed by atoms with Gasteiger partial charge in [-0.2, -0.15) is 0 Å². The van der Waals surface area contributed by atoms with Gasteiger partial charge in [-0.15, -0.1) is 0 Å². The van der Waals surface area contributed by atoms with Crippen molar-refractivity contribution in [2.75, 3.05) is 26.4 Å². The van der Waals surface area contributed by atoms with Crippen LogP contribution in [-0.4, -0.2) is 49.3 Å². The van der Waals surface area contributed by atoms with Crippen LogP contribution in [0, 0.1) is 0 Å². The Morgan fingerprint density at radius 1 is 0.413 bits per heavy atom. The standard InChI is InChI=1S/C65H108NO8P/c1-3-5-7-9-11-13-15-17-19-21-23-25-27-29-30-31-32-34-36-38-40-42-44-46-48-50-52-54-56-58-65(68)74-63(62-73-75(69,70)72-60-59-66)61-71-64(67)57-55-53-51-49-47-45-43-41-39-37-35-33-28-26-24-22-20-18-16-14-12-10-8-6-4-2/h5,7,11,13,16-19,22-25,29-30,32,34,38,40,44,46,50,52,63H,3-4,6,8-10,12,14-15,20-21,26-28,31,33,35-37,39,41-43,45,47-49,51,53-62,66H2,1-2H3,(H,69,70)/b7-5-,13-11-,18-16-,19-17-,24-22-,25-23-,30-29-,34-32-,40-38-,46-44-,52-50-. The average Bonchev–Trinajstić information content (AvgIpc) is 3.40. The highest BCUT2D eigenvalue weighted by atomic mass is 31.2. The number of hydrogen-bond acceptors (Lipinski definition) is 8. The summed E-state index contributed by atoms with van der Waals surface area (Å²) in [6.07, 6.45) is 83.7. The van der Waals surface area contributed by atoms with Crippen molar-refractivity contribution in [3.8, 4) is 0 Å². The molecule has 10 heteroatoms. The Morgan fingerprint density at radius 3 is 1.13 bits per heavy atom. The molecule has 0 aromatic rings. The van der Waals surface area contributed by atoms with Crippen molar-refractivity contribution in [1.82, 2.24) is 0 Å². The Bertz CT molecular complexity index is 1680. The number of carbonyl (C=O) groups excluding carboxylic acids is 2. The molecule has 75 heavy (non-hydrogen) atoms. The number of allylic oxidation sites excluding steroid dienone is 22. The summed E-state index contributed by atoms with van der Waals surface area (Å²) >= 11 is 0. The fraction of sp³-hybridized carbons (Fsp3) is 0.631. The highest BCUT2D eigenvalue weighted by molar-refractivity contribution is 7.47. The van der Waals surface area contributed by atoms with E-state index in [0.717, 1.165) is 89.9 Å². The van der Waals surface area contributed by atoms with E-state index in [1.54, 1.807) is 0 Å². The maximum absolute atomic E-state index is 12.7. The summed E-state index contributed by atoms with van der Waals surface area (Å²) in [4.78, 5) is 35.2. The monoisotopic (exact) mass is 1060 g/mol. The molecule has 0 aliphatic carbocycles. The quantitative estimate of drug-likeness (QED) is 0.0264. The zero-order valence-electron chi connectivity index (χ0n) is 47.5. The van der Waals surface area contributed by atoms with Crippen LogP contribution in [0.4, 0.5) is 0 Å². The minimum Gasteiger partial charge on any atom is -0.462 e. The Balaban J connectivity index is 4.12. The highest BCUT2D eigenvalue weighted by Crippen LogP contribution is 2.43. The molecule has 0 saturated heterocycles. The number of carbonyl (C=O) groups is 2. The van der Waals surface area contributed by atoms with Crippen LogP contribution in [0.3, 0.4) is 0 Å². The van der Waals surface area contributed by atoms with Gasteiger partial charge in [0.2, 0.25) is 0 Å². The molecule has 0 aliphatic rings. The number of phosphoric acid groups is 1. The second-order valence-corrected chi connectivity index (χ2v) is 20.6. The minimum absolute atomic E-state index is 0.0371. The van der Waals surface area contributed by atoms with Gasteiger partial charge in [0.25, 0.3) is 0 Å². The van der Waals surface area contributed by atoms with Crippen molar-refractivity contribution in [2.45, 2.75) is 238 Å². The smallest absolute Gasteiger partial charge is 0.462 e. The number of hydrogen-bond donors (Lipinski definition) is 2. The molecule has 0 aromatic heterocycles. The molecular formula is C65H108NO8P. The number of phosphoric ester groups is 1. The van der Waals surface area contributed by atoms with E-state index in [1.165, 1.54) is 103 Å². The van der Waals surface area contributed by atoms with E-state index in [-0.39, 0.29) is 32.6 Å². The molecule has 0 spiro atoms. The van der Waals surface area contributed by atoms with E-state index < -0.39 is 32.5 Å². The Hall–Kier alpha value is -3.85. The molecule has 0 rings (SSSR count). The molecule has 0 aromatic carbocycles. The first-order valence-electron chi connectivity index (χ1n) is 29.7. The van der Waals surface area contributed by atoms with Crippen LogP contribution in [0.5, 0.6) is 0 Å². The van der Waals surface area contributed by atoms with Crippen LogP contribution in [0.2, 0.25) is 0 Å². The van der Waals surface area contributed by atoms with Crippen LogP contribution in [0.15, 0.2) is 134 Å². The molecule has 0 amide bonds. The predicted octanol–water partition coefficient (Wildman–Crippen LogP) is 19.0. The third-order valence-electron chi connectivity index (χ3n) is 12.0. The molecule has 0 saturated carbocycles. The van der Waals surface area contributed by atoms with Gasteiger partial charge in [-0.1, -0.05) is 244 Å². The number of ether oxygens (including phenoxy) is 2. The lowest BCUT2D eigenvalue weighted by atomic mass is 10.0. The molecular weight excluding hydrogens is 954 g/mol. The lowest BCUT2D eigenvalue weighted by molar-refractivity contribution is -0.161. The van der Waals surface area contributed by atoms with Gasteiger partial charge >= 0.3 is 19.8 Å². The van der Waals surface area contributed by atoms with Gasteiger partial charge in [0.1, 0.15) is 6.61 Å². The number of esters is 2. The van der Waals surface area contributed by atoms with Crippen molar-refractivity contribution in [3.63, 3.8) is 0 Å². The van der Waals surface area contributed by atoms with Crippen molar-refractivity contribution in [3.05, 3.63) is 134 Å². The van der Waals surface area contributed by atoms with E-state index in [9.17, 15) is 19.0 Å². The summed E-state index contributed by atoms with van der Waals surface area (Å²) < 4.78 is 33.0. The van der Waals surface area contributed by atoms with Crippen LogP contribution in [0.1, 0.15) is 232 Å². The summed E-state index contributed by atoms with van der Waals surface area (Å²) in [6, 6.07) is 0. The zero-order chi connectivity index (χ0) is 54.5. The van der Waals surface area contributed by atoms with Gasteiger partial charge in [-0.25, -0.2) is 4.57 Å². The molecule has 2 unspecified atom stereocenters. The van der Waals surface area contributed by atoms with Crippen molar-refractivity contribution in [2.24, 2.45) is 5.73 Å². The molecule has 0 radical (unpaired) electrons. The van der Waals surface area contributed by atoms with Crippen LogP contribution < -0.4 is 5.73 Å².